The van der Waals surface area contributed by atoms with Crippen LogP contribution < -0.4 is 0 Å². The zero-order valence-electron chi connectivity index (χ0n) is 27.2. The van der Waals surface area contributed by atoms with Gasteiger partial charge in [0.25, 0.3) is 0 Å². The van der Waals surface area contributed by atoms with E-state index in [9.17, 15) is 0 Å². The minimum Gasteiger partial charge on any atom is -0.452 e. The number of fused-ring (bicyclic) bond motifs is 4. The third-order valence-corrected chi connectivity index (χ3v) is 10.3. The molecule has 2 aromatic heterocycles. The van der Waals surface area contributed by atoms with Gasteiger partial charge in [0.1, 0.15) is 16.8 Å². The molecule has 1 aliphatic heterocycles. The van der Waals surface area contributed by atoms with Crippen LogP contribution in [-0.4, -0.2) is 15.2 Å². The first kappa shape index (κ1) is 30.2. The molecular weight excluding hydrogens is 605 g/mol. The zero-order valence-corrected chi connectivity index (χ0v) is 28.0. The van der Waals surface area contributed by atoms with Crippen LogP contribution in [0.1, 0.15) is 37.8 Å². The summed E-state index contributed by atoms with van der Waals surface area (Å²) < 4.78 is 6.44. The lowest BCUT2D eigenvalue weighted by atomic mass is 9.97. The van der Waals surface area contributed by atoms with Crippen molar-refractivity contribution >= 4 is 39.4 Å². The molecule has 4 heteroatoms. The summed E-state index contributed by atoms with van der Waals surface area (Å²) in [5, 5.41) is 1.45. The molecule has 0 amide bonds. The smallest absolute Gasteiger partial charge is 0.180 e. The molecule has 0 saturated heterocycles. The van der Waals surface area contributed by atoms with Crippen molar-refractivity contribution < 1.29 is 4.42 Å². The van der Waals surface area contributed by atoms with Crippen molar-refractivity contribution in [2.75, 3.05) is 0 Å². The number of para-hydroxylation sites is 1. The summed E-state index contributed by atoms with van der Waals surface area (Å²) in [6.45, 7) is 4.57. The van der Waals surface area contributed by atoms with Gasteiger partial charge < -0.3 is 4.42 Å². The average Bonchev–Trinajstić information content (AvgIpc) is 3.67. The van der Waals surface area contributed by atoms with Crippen LogP contribution in [0.25, 0.3) is 61.4 Å². The molecule has 0 spiro atoms. The van der Waals surface area contributed by atoms with Crippen molar-refractivity contribution in [2.24, 2.45) is 0 Å². The van der Waals surface area contributed by atoms with Gasteiger partial charge in [-0.2, -0.15) is 0 Å². The molecular formula is C44H36N2OS. The molecule has 0 fully saturated rings. The number of hydrogen-bond donors (Lipinski definition) is 0. The van der Waals surface area contributed by atoms with Crippen molar-refractivity contribution in [3.05, 3.63) is 156 Å². The Balaban J connectivity index is 1.17. The van der Waals surface area contributed by atoms with Gasteiger partial charge in [0, 0.05) is 26.7 Å². The minimum absolute atomic E-state index is 0.457. The first-order chi connectivity index (χ1) is 23.6. The molecule has 3 nitrogen and oxygen atoms in total. The van der Waals surface area contributed by atoms with Gasteiger partial charge in [0.2, 0.25) is 0 Å². The largest absolute Gasteiger partial charge is 0.452 e. The normalized spacial score (nSPS) is 15.4. The molecule has 0 saturated carbocycles. The van der Waals surface area contributed by atoms with Gasteiger partial charge in [-0.1, -0.05) is 134 Å². The highest BCUT2D eigenvalue weighted by atomic mass is 32.2. The molecule has 0 bridgehead atoms. The van der Waals surface area contributed by atoms with Crippen LogP contribution in [0, 0.1) is 0 Å². The monoisotopic (exact) mass is 640 g/mol. The highest BCUT2D eigenvalue weighted by molar-refractivity contribution is 8.00. The van der Waals surface area contributed by atoms with Crippen LogP contribution in [0.15, 0.2) is 154 Å². The lowest BCUT2D eigenvalue weighted by Crippen LogP contribution is -1.95. The maximum absolute atomic E-state index is 6.44. The van der Waals surface area contributed by atoms with Crippen LogP contribution in [0.4, 0.5) is 0 Å². The molecule has 0 radical (unpaired) electrons. The second-order valence-electron chi connectivity index (χ2n) is 12.4. The Kier molecular flexibility index (Phi) is 8.25. The molecule has 1 unspecified atom stereocenters. The number of nitrogens with zero attached hydrogens (tertiary/aromatic N) is 2. The molecule has 3 heterocycles. The summed E-state index contributed by atoms with van der Waals surface area (Å²) in [5.74, 6) is 0.689. The summed E-state index contributed by atoms with van der Waals surface area (Å²) >= 11 is 1.96. The Morgan fingerprint density at radius 1 is 0.750 bits per heavy atom. The van der Waals surface area contributed by atoms with Crippen molar-refractivity contribution in [3.63, 3.8) is 0 Å². The van der Waals surface area contributed by atoms with E-state index < -0.39 is 0 Å². The van der Waals surface area contributed by atoms with Gasteiger partial charge in [0.05, 0.1) is 0 Å². The number of aromatic nitrogens is 2. The molecule has 48 heavy (non-hydrogen) atoms. The molecule has 7 aromatic rings. The highest BCUT2D eigenvalue weighted by Gasteiger charge is 2.24. The lowest BCUT2D eigenvalue weighted by molar-refractivity contribution is 0.667. The maximum Gasteiger partial charge on any atom is 0.180 e. The third kappa shape index (κ3) is 5.89. The van der Waals surface area contributed by atoms with E-state index in [0.717, 1.165) is 58.2 Å². The Bertz CT molecular complexity index is 2320. The van der Waals surface area contributed by atoms with Crippen LogP contribution in [0.3, 0.4) is 0 Å². The topological polar surface area (TPSA) is 38.9 Å². The molecule has 1 aliphatic rings. The van der Waals surface area contributed by atoms with E-state index in [4.69, 9.17) is 14.4 Å². The van der Waals surface area contributed by atoms with E-state index in [1.807, 2.05) is 36.0 Å². The molecule has 5 aromatic carbocycles. The standard InChI is InChI=1S/C44H36N2OS/c1-3-12-30(28-38-29(2)48-40-20-10-8-17-36(38)40)21-22-31-13-11-16-35(27-31)41-43-42(37-18-7-9-19-39(37)47-43)46-44(45-41)34-25-23-33(24-26-34)32-14-5-4-6-15-32/h4-11,13-21,23-29H,3,12,22H2,1-2H3. The lowest BCUT2D eigenvalue weighted by Gasteiger charge is -2.10. The Morgan fingerprint density at radius 3 is 2.33 bits per heavy atom. The zero-order chi connectivity index (χ0) is 32.5. The number of benzene rings is 5. The number of hydrogen-bond acceptors (Lipinski definition) is 4. The molecule has 234 valence electrons. The summed E-state index contributed by atoms with van der Waals surface area (Å²) in [7, 11) is 0. The van der Waals surface area contributed by atoms with E-state index in [0.29, 0.717) is 11.1 Å². The van der Waals surface area contributed by atoms with E-state index in [2.05, 4.69) is 129 Å². The summed E-state index contributed by atoms with van der Waals surface area (Å²) in [6.07, 6.45) is 7.86. The third-order valence-electron chi connectivity index (χ3n) is 9.09. The van der Waals surface area contributed by atoms with E-state index in [1.165, 1.54) is 38.3 Å². The van der Waals surface area contributed by atoms with Crippen molar-refractivity contribution in [3.8, 4) is 33.8 Å². The SMILES string of the molecule is CCCC(=CCc1cccc(-c2nc(-c3ccc(-c4ccccc4)cc3)nc3c2oc2ccccc23)c1)C=C1c2ccccc2SC1C. The molecule has 0 N–H and O–H groups in total. The Morgan fingerprint density at radius 2 is 1.48 bits per heavy atom. The van der Waals surface area contributed by atoms with Gasteiger partial charge in [-0.15, -0.1) is 11.8 Å². The molecule has 0 aliphatic carbocycles. The molecule has 1 atom stereocenters. The van der Waals surface area contributed by atoms with Crippen LogP contribution in [0.2, 0.25) is 0 Å². The maximum atomic E-state index is 6.44. The number of allylic oxidation sites excluding steroid dienone is 3. The Hall–Kier alpha value is -5.19. The molecule has 8 rings (SSSR count). The van der Waals surface area contributed by atoms with Crippen molar-refractivity contribution in [2.45, 2.75) is 43.3 Å². The summed E-state index contributed by atoms with van der Waals surface area (Å²) in [5.41, 5.74) is 13.0. The number of thioether (sulfide) groups is 1. The predicted octanol–water partition coefficient (Wildman–Crippen LogP) is 12.2. The van der Waals surface area contributed by atoms with E-state index in [-0.39, 0.29) is 0 Å². The predicted molar refractivity (Wildman–Crippen MR) is 202 cm³/mol. The van der Waals surface area contributed by atoms with Crippen molar-refractivity contribution in [1.29, 1.82) is 0 Å². The fraction of sp³-hybridized carbons (Fsp3) is 0.136. The first-order valence-corrected chi connectivity index (χ1v) is 17.6. The summed E-state index contributed by atoms with van der Waals surface area (Å²) in [6, 6.07) is 44.6. The second kappa shape index (κ2) is 13.1. The number of rotatable bonds is 8. The highest BCUT2D eigenvalue weighted by Crippen LogP contribution is 2.45. The van der Waals surface area contributed by atoms with Gasteiger partial charge in [-0.3, -0.25) is 0 Å². The first-order valence-electron chi connectivity index (χ1n) is 16.8. The van der Waals surface area contributed by atoms with Crippen LogP contribution in [-0.2, 0) is 6.42 Å². The van der Waals surface area contributed by atoms with E-state index >= 15 is 0 Å². The summed E-state index contributed by atoms with van der Waals surface area (Å²) in [4.78, 5) is 11.6. The Labute approximate surface area is 286 Å². The van der Waals surface area contributed by atoms with Crippen molar-refractivity contribution in [1.82, 2.24) is 9.97 Å². The minimum atomic E-state index is 0.457. The van der Waals surface area contributed by atoms with Gasteiger partial charge in [0.15, 0.2) is 11.4 Å². The van der Waals surface area contributed by atoms with Gasteiger partial charge in [-0.05, 0) is 71.9 Å². The van der Waals surface area contributed by atoms with Gasteiger partial charge in [-0.25, -0.2) is 9.97 Å². The second-order valence-corrected chi connectivity index (χ2v) is 13.8. The quantitative estimate of drug-likeness (QED) is 0.166. The fourth-order valence-electron chi connectivity index (χ4n) is 6.65. The van der Waals surface area contributed by atoms with Crippen LogP contribution >= 0.6 is 11.8 Å². The van der Waals surface area contributed by atoms with Crippen LogP contribution in [0.5, 0.6) is 0 Å². The van der Waals surface area contributed by atoms with E-state index in [1.54, 1.807) is 0 Å². The average molecular weight is 641 g/mol. The van der Waals surface area contributed by atoms with Gasteiger partial charge >= 0.3 is 0 Å². The number of furan rings is 1. The fourth-order valence-corrected chi connectivity index (χ4v) is 7.82.